The molecule has 4 aliphatic rings. The van der Waals surface area contributed by atoms with Gasteiger partial charge in [0.15, 0.2) is 0 Å². The lowest BCUT2D eigenvalue weighted by atomic mass is 9.78. The quantitative estimate of drug-likeness (QED) is 0.266. The zero-order valence-corrected chi connectivity index (χ0v) is 23.7. The number of H-pyrrole nitrogens is 2. The van der Waals surface area contributed by atoms with Crippen LogP contribution in [-0.2, 0) is 11.2 Å². The number of carbonyl (C=O) groups excluding carboxylic acids is 1. The zero-order valence-electron chi connectivity index (χ0n) is 23.7. The van der Waals surface area contributed by atoms with E-state index >= 15 is 0 Å². The Morgan fingerprint density at radius 3 is 2.63 bits per heavy atom. The lowest BCUT2D eigenvalue weighted by Crippen LogP contribution is -2.42. The predicted molar refractivity (Wildman–Crippen MR) is 165 cm³/mol. The summed E-state index contributed by atoms with van der Waals surface area (Å²) in [5.41, 5.74) is 11.3. The maximum absolute atomic E-state index is 13.3. The van der Waals surface area contributed by atoms with Crippen LogP contribution in [0.1, 0.15) is 49.8 Å². The van der Waals surface area contributed by atoms with Crippen LogP contribution in [0.15, 0.2) is 82.6 Å². The number of hydrogen-bond donors (Lipinski definition) is 3. The SMILES string of the molecule is CNC1=C2C[C@@H]2CCCC2C(C3CCN(C(=O)Cc4c[nH]c5ccccc45)CC3)=NC(c3cc4ccccc4[nH]3)=C12. The van der Waals surface area contributed by atoms with Gasteiger partial charge in [0.2, 0.25) is 5.91 Å². The highest BCUT2D eigenvalue weighted by Crippen LogP contribution is 2.52. The van der Waals surface area contributed by atoms with Crippen LogP contribution in [0.5, 0.6) is 0 Å². The minimum atomic E-state index is 0.229. The van der Waals surface area contributed by atoms with Gasteiger partial charge in [-0.3, -0.25) is 9.79 Å². The normalized spacial score (nSPS) is 23.0. The van der Waals surface area contributed by atoms with E-state index in [0.29, 0.717) is 18.3 Å². The average Bonchev–Trinajstić information content (AvgIpc) is 3.31. The molecule has 3 N–H and O–H groups in total. The summed E-state index contributed by atoms with van der Waals surface area (Å²) in [5.74, 6) is 1.73. The number of benzene rings is 2. The first-order valence-corrected chi connectivity index (χ1v) is 15.3. The molecule has 2 aliphatic heterocycles. The van der Waals surface area contributed by atoms with E-state index in [0.717, 1.165) is 71.6 Å². The molecule has 0 spiro atoms. The number of likely N-dealkylation sites (tertiary alicyclic amines) is 1. The minimum Gasteiger partial charge on any atom is -0.388 e. The Morgan fingerprint density at radius 2 is 1.80 bits per heavy atom. The van der Waals surface area contributed by atoms with Gasteiger partial charge in [0.05, 0.1) is 17.8 Å². The Bertz CT molecular complexity index is 1730. The van der Waals surface area contributed by atoms with Gasteiger partial charge < -0.3 is 20.2 Å². The van der Waals surface area contributed by atoms with Crippen LogP contribution >= 0.6 is 0 Å². The summed E-state index contributed by atoms with van der Waals surface area (Å²) in [5, 5.41) is 6.00. The van der Waals surface area contributed by atoms with Gasteiger partial charge in [0.1, 0.15) is 0 Å². The Labute approximate surface area is 240 Å². The maximum Gasteiger partial charge on any atom is 0.227 e. The van der Waals surface area contributed by atoms with Crippen molar-refractivity contribution < 1.29 is 4.79 Å². The van der Waals surface area contributed by atoms with E-state index in [1.807, 2.05) is 18.3 Å². The first-order chi connectivity index (χ1) is 20.2. The Hall–Kier alpha value is -4.06. The number of nitrogens with one attached hydrogen (secondary N) is 3. The molecule has 1 amide bonds. The van der Waals surface area contributed by atoms with Gasteiger partial charge in [-0.25, -0.2) is 0 Å². The number of piperidine rings is 1. The fraction of sp³-hybridized carbons (Fsp3) is 0.371. The third kappa shape index (κ3) is 4.23. The van der Waals surface area contributed by atoms with Crippen molar-refractivity contribution >= 4 is 39.1 Å². The Kier molecular flexibility index (Phi) is 5.90. The second kappa shape index (κ2) is 9.79. The summed E-state index contributed by atoms with van der Waals surface area (Å²) in [6.07, 6.45) is 9.33. The van der Waals surface area contributed by atoms with Crippen LogP contribution < -0.4 is 5.32 Å². The lowest BCUT2D eigenvalue weighted by Gasteiger charge is -2.34. The molecule has 0 radical (unpaired) electrons. The summed E-state index contributed by atoms with van der Waals surface area (Å²) < 4.78 is 0. The van der Waals surface area contributed by atoms with E-state index in [4.69, 9.17) is 4.99 Å². The van der Waals surface area contributed by atoms with E-state index in [2.05, 4.69) is 69.7 Å². The molecule has 6 nitrogen and oxygen atoms in total. The second-order valence-corrected chi connectivity index (χ2v) is 12.3. The summed E-state index contributed by atoms with van der Waals surface area (Å²) >= 11 is 0. The molecule has 2 aliphatic carbocycles. The molecule has 1 unspecified atom stereocenters. The molecular weight excluding hydrogens is 506 g/mol. The fourth-order valence-electron chi connectivity index (χ4n) is 7.75. The van der Waals surface area contributed by atoms with Gasteiger partial charge in [-0.1, -0.05) is 42.8 Å². The third-order valence-electron chi connectivity index (χ3n) is 9.95. The van der Waals surface area contributed by atoms with Gasteiger partial charge in [-0.05, 0) is 67.4 Å². The molecule has 1 saturated carbocycles. The van der Waals surface area contributed by atoms with E-state index in [-0.39, 0.29) is 5.91 Å². The molecule has 6 heteroatoms. The van der Waals surface area contributed by atoms with Gasteiger partial charge >= 0.3 is 0 Å². The van der Waals surface area contributed by atoms with E-state index in [9.17, 15) is 4.79 Å². The topological polar surface area (TPSA) is 76.3 Å². The lowest BCUT2D eigenvalue weighted by molar-refractivity contribution is -0.131. The molecule has 208 valence electrons. The van der Waals surface area contributed by atoms with Crippen LogP contribution in [0, 0.1) is 17.8 Å². The molecule has 2 aromatic heterocycles. The van der Waals surface area contributed by atoms with Crippen molar-refractivity contribution in [2.24, 2.45) is 22.7 Å². The molecule has 2 aromatic carbocycles. The van der Waals surface area contributed by atoms with Crippen LogP contribution in [0.25, 0.3) is 27.5 Å². The van der Waals surface area contributed by atoms with E-state index in [1.165, 1.54) is 41.6 Å². The number of rotatable bonds is 5. The number of hydrogen-bond acceptors (Lipinski definition) is 3. The monoisotopic (exact) mass is 543 g/mol. The summed E-state index contributed by atoms with van der Waals surface area (Å²) in [6, 6.07) is 19.0. The highest BCUT2D eigenvalue weighted by Gasteiger charge is 2.43. The van der Waals surface area contributed by atoms with Gasteiger partial charge in [-0.2, -0.15) is 0 Å². The second-order valence-electron chi connectivity index (χ2n) is 12.3. The zero-order chi connectivity index (χ0) is 27.5. The molecule has 41 heavy (non-hydrogen) atoms. The third-order valence-corrected chi connectivity index (χ3v) is 9.95. The van der Waals surface area contributed by atoms with Gasteiger partial charge in [0, 0.05) is 77.0 Å². The van der Waals surface area contributed by atoms with E-state index in [1.54, 1.807) is 5.57 Å². The Morgan fingerprint density at radius 1 is 1.00 bits per heavy atom. The number of para-hydroxylation sites is 2. The maximum atomic E-state index is 13.3. The Balaban J connectivity index is 1.06. The summed E-state index contributed by atoms with van der Waals surface area (Å²) in [6.45, 7) is 1.60. The standard InChI is InChI=1S/C35H37N5O/c1-36-34-27-17-22(27)8-6-10-26-32(34)35(30-18-23-7-2-4-11-28(23)38-30)39-33(26)21-13-15-40(16-14-21)31(41)19-24-20-37-29-12-5-3-9-25(24)29/h2-5,7,9,11-12,18,20-22,26,36-38H,6,8,10,13-17,19H2,1H3/t22-,26?/m0/s1. The van der Waals surface area contributed by atoms with Gasteiger partial charge in [-0.15, -0.1) is 0 Å². The number of allylic oxidation sites excluding steroid dienone is 2. The molecular formula is C35H37N5O. The number of fused-ring (bicyclic) bond motifs is 4. The van der Waals surface area contributed by atoms with Crippen molar-refractivity contribution in [3.05, 3.63) is 88.9 Å². The molecule has 8 rings (SSSR count). The van der Waals surface area contributed by atoms with Crippen molar-refractivity contribution in [3.63, 3.8) is 0 Å². The average molecular weight is 544 g/mol. The number of aromatic nitrogens is 2. The molecule has 4 heterocycles. The van der Waals surface area contributed by atoms with Crippen molar-refractivity contribution in [2.75, 3.05) is 20.1 Å². The summed E-state index contributed by atoms with van der Waals surface area (Å²) in [7, 11) is 2.09. The molecule has 1 saturated heterocycles. The van der Waals surface area contributed by atoms with Crippen LogP contribution in [0.2, 0.25) is 0 Å². The molecule has 4 aromatic rings. The number of carbonyl (C=O) groups is 1. The van der Waals surface area contributed by atoms with Crippen molar-refractivity contribution in [2.45, 2.75) is 44.9 Å². The van der Waals surface area contributed by atoms with Crippen LogP contribution in [0.3, 0.4) is 0 Å². The van der Waals surface area contributed by atoms with E-state index < -0.39 is 0 Å². The summed E-state index contributed by atoms with van der Waals surface area (Å²) in [4.78, 5) is 27.9. The number of aromatic amines is 2. The predicted octanol–water partition coefficient (Wildman–Crippen LogP) is 6.59. The number of nitrogens with zero attached hydrogens (tertiary/aromatic N) is 2. The van der Waals surface area contributed by atoms with Crippen molar-refractivity contribution in [3.8, 4) is 0 Å². The largest absolute Gasteiger partial charge is 0.388 e. The van der Waals surface area contributed by atoms with Crippen LogP contribution in [0.4, 0.5) is 0 Å². The van der Waals surface area contributed by atoms with Crippen molar-refractivity contribution in [1.29, 1.82) is 0 Å². The molecule has 2 atom stereocenters. The number of aliphatic imine (C=N–C) groups is 1. The molecule has 2 fully saturated rings. The highest BCUT2D eigenvalue weighted by molar-refractivity contribution is 6.03. The van der Waals surface area contributed by atoms with Crippen molar-refractivity contribution in [1.82, 2.24) is 20.2 Å². The van der Waals surface area contributed by atoms with Gasteiger partial charge in [0.25, 0.3) is 0 Å². The van der Waals surface area contributed by atoms with Crippen LogP contribution in [-0.4, -0.2) is 46.6 Å². The molecule has 0 bridgehead atoms. The smallest absolute Gasteiger partial charge is 0.227 e. The number of likely N-dealkylation sites (N-methyl/N-ethyl adjacent to an activating group) is 1. The first-order valence-electron chi connectivity index (χ1n) is 15.3. The number of amides is 1. The first kappa shape index (κ1) is 24.7. The highest BCUT2D eigenvalue weighted by atomic mass is 16.2. The fourth-order valence-corrected chi connectivity index (χ4v) is 7.75. The minimum absolute atomic E-state index is 0.229.